The molecule has 2 N–H and O–H groups in total. The molecule has 25 heavy (non-hydrogen) atoms. The van der Waals surface area contributed by atoms with Gasteiger partial charge in [0, 0.05) is 57.8 Å². The van der Waals surface area contributed by atoms with Gasteiger partial charge in [-0.25, -0.2) is 4.98 Å². The van der Waals surface area contributed by atoms with Crippen LogP contribution in [-0.2, 0) is 16.1 Å². The maximum Gasteiger partial charge on any atom is 0.238 e. The zero-order valence-corrected chi connectivity index (χ0v) is 15.2. The molecule has 2 saturated heterocycles. The zero-order chi connectivity index (χ0) is 18.0. The molecule has 0 saturated carbocycles. The number of carbonyl (C=O) groups is 2. The molecule has 1 atom stereocenters. The molecule has 0 aliphatic carbocycles. The van der Waals surface area contributed by atoms with E-state index >= 15 is 0 Å². The van der Waals surface area contributed by atoms with Crippen LogP contribution in [0.3, 0.4) is 0 Å². The fourth-order valence-electron chi connectivity index (χ4n) is 3.35. The van der Waals surface area contributed by atoms with Crippen LogP contribution in [0.4, 0.5) is 5.82 Å². The van der Waals surface area contributed by atoms with E-state index < -0.39 is 0 Å². The molecule has 2 aliphatic heterocycles. The van der Waals surface area contributed by atoms with E-state index in [0.717, 1.165) is 44.1 Å². The topological polar surface area (TPSA) is 77.6 Å². The summed E-state index contributed by atoms with van der Waals surface area (Å²) in [6, 6.07) is 3.83. The highest BCUT2D eigenvalue weighted by Gasteiger charge is 2.42. The van der Waals surface area contributed by atoms with Crippen molar-refractivity contribution in [2.24, 2.45) is 5.41 Å². The molecule has 1 aromatic rings. The van der Waals surface area contributed by atoms with Crippen molar-refractivity contribution in [2.75, 3.05) is 37.6 Å². The summed E-state index contributed by atoms with van der Waals surface area (Å²) in [5.74, 6) is 1.07. The second kappa shape index (κ2) is 7.00. The Labute approximate surface area is 148 Å². The van der Waals surface area contributed by atoms with Crippen molar-refractivity contribution in [3.05, 3.63) is 23.9 Å². The zero-order valence-electron chi connectivity index (χ0n) is 15.2. The quantitative estimate of drug-likeness (QED) is 0.824. The average Bonchev–Trinajstić information content (AvgIpc) is 2.59. The van der Waals surface area contributed by atoms with Gasteiger partial charge in [-0.15, -0.1) is 0 Å². The summed E-state index contributed by atoms with van der Waals surface area (Å²) >= 11 is 0. The largest absolute Gasteiger partial charge is 0.353 e. The summed E-state index contributed by atoms with van der Waals surface area (Å²) in [6.45, 7) is 10.2. The van der Waals surface area contributed by atoms with Crippen LogP contribution in [0.2, 0.25) is 0 Å². The second-order valence-electron chi connectivity index (χ2n) is 7.54. The van der Waals surface area contributed by atoms with Crippen LogP contribution in [0.25, 0.3) is 0 Å². The van der Waals surface area contributed by atoms with E-state index in [2.05, 4.69) is 34.4 Å². The Bertz CT molecular complexity index is 653. The first kappa shape index (κ1) is 17.7. The van der Waals surface area contributed by atoms with E-state index in [1.54, 1.807) is 13.1 Å². The van der Waals surface area contributed by atoms with Crippen molar-refractivity contribution in [3.63, 3.8) is 0 Å². The van der Waals surface area contributed by atoms with Crippen molar-refractivity contribution in [1.29, 1.82) is 0 Å². The van der Waals surface area contributed by atoms with Gasteiger partial charge in [-0.05, 0) is 17.7 Å². The number of hydrogen-bond donors (Lipinski definition) is 2. The summed E-state index contributed by atoms with van der Waals surface area (Å²) in [6.07, 6.45) is 1.78. The molecule has 0 spiro atoms. The van der Waals surface area contributed by atoms with E-state index in [4.69, 9.17) is 0 Å². The third kappa shape index (κ3) is 3.92. The van der Waals surface area contributed by atoms with Gasteiger partial charge >= 0.3 is 0 Å². The molecule has 7 heteroatoms. The average molecular weight is 345 g/mol. The number of hydrogen-bond acceptors (Lipinski definition) is 5. The maximum absolute atomic E-state index is 12.3. The molecule has 3 rings (SSSR count). The molecule has 2 fully saturated rings. The SMILES string of the molecule is CC(=O)N1CCN(c2cc(CNC(=O)C3NCC3(C)C)ccn2)CC1. The van der Waals surface area contributed by atoms with Crippen LogP contribution < -0.4 is 15.5 Å². The monoisotopic (exact) mass is 345 g/mol. The Hall–Kier alpha value is -2.15. The van der Waals surface area contributed by atoms with Crippen LogP contribution in [0.1, 0.15) is 26.3 Å². The Balaban J connectivity index is 1.55. The molecule has 7 nitrogen and oxygen atoms in total. The Kier molecular flexibility index (Phi) is 4.94. The van der Waals surface area contributed by atoms with E-state index in [1.807, 2.05) is 17.0 Å². The molecule has 0 bridgehead atoms. The van der Waals surface area contributed by atoms with E-state index in [1.165, 1.54) is 0 Å². The van der Waals surface area contributed by atoms with Crippen LogP contribution >= 0.6 is 0 Å². The van der Waals surface area contributed by atoms with Gasteiger partial charge in [-0.2, -0.15) is 0 Å². The van der Waals surface area contributed by atoms with Gasteiger partial charge in [0.2, 0.25) is 11.8 Å². The van der Waals surface area contributed by atoms with Crippen LogP contribution in [0.5, 0.6) is 0 Å². The van der Waals surface area contributed by atoms with E-state index in [-0.39, 0.29) is 23.3 Å². The van der Waals surface area contributed by atoms with Gasteiger partial charge in [-0.1, -0.05) is 13.8 Å². The fourth-order valence-corrected chi connectivity index (χ4v) is 3.35. The first-order valence-electron chi connectivity index (χ1n) is 8.83. The number of amides is 2. The van der Waals surface area contributed by atoms with Gasteiger partial charge < -0.3 is 20.4 Å². The van der Waals surface area contributed by atoms with E-state index in [0.29, 0.717) is 6.54 Å². The molecule has 3 heterocycles. The molecule has 0 aromatic carbocycles. The van der Waals surface area contributed by atoms with Crippen molar-refractivity contribution < 1.29 is 9.59 Å². The fraction of sp³-hybridized carbons (Fsp3) is 0.611. The number of aromatic nitrogens is 1. The Morgan fingerprint density at radius 1 is 1.32 bits per heavy atom. The van der Waals surface area contributed by atoms with Gasteiger partial charge in [0.25, 0.3) is 0 Å². The first-order chi connectivity index (χ1) is 11.9. The molecule has 1 aromatic heterocycles. The van der Waals surface area contributed by atoms with Crippen molar-refractivity contribution >= 4 is 17.6 Å². The molecule has 136 valence electrons. The second-order valence-corrected chi connectivity index (χ2v) is 7.54. The summed E-state index contributed by atoms with van der Waals surface area (Å²) in [4.78, 5) is 32.2. The number of pyridine rings is 1. The lowest BCUT2D eigenvalue weighted by Gasteiger charge is -2.44. The summed E-state index contributed by atoms with van der Waals surface area (Å²) < 4.78 is 0. The maximum atomic E-state index is 12.3. The molecule has 0 radical (unpaired) electrons. The molecule has 1 unspecified atom stereocenters. The smallest absolute Gasteiger partial charge is 0.238 e. The molecule has 2 amide bonds. The minimum absolute atomic E-state index is 0.0177. The van der Waals surface area contributed by atoms with Crippen molar-refractivity contribution in [3.8, 4) is 0 Å². The van der Waals surface area contributed by atoms with Crippen LogP contribution in [-0.4, -0.2) is 60.5 Å². The number of piperazine rings is 1. The molecular formula is C18H27N5O2. The van der Waals surface area contributed by atoms with Crippen molar-refractivity contribution in [2.45, 2.75) is 33.4 Å². The lowest BCUT2D eigenvalue weighted by atomic mass is 9.77. The highest BCUT2D eigenvalue weighted by atomic mass is 16.2. The molecule has 2 aliphatic rings. The summed E-state index contributed by atoms with van der Waals surface area (Å²) in [7, 11) is 0. The van der Waals surface area contributed by atoms with Gasteiger partial charge in [-0.3, -0.25) is 9.59 Å². The van der Waals surface area contributed by atoms with Gasteiger partial charge in [0.15, 0.2) is 0 Å². The van der Waals surface area contributed by atoms with Gasteiger partial charge in [0.05, 0.1) is 6.04 Å². The van der Waals surface area contributed by atoms with Crippen molar-refractivity contribution in [1.82, 2.24) is 20.5 Å². The highest BCUT2D eigenvalue weighted by Crippen LogP contribution is 2.27. The highest BCUT2D eigenvalue weighted by molar-refractivity contribution is 5.83. The van der Waals surface area contributed by atoms with Gasteiger partial charge in [0.1, 0.15) is 5.82 Å². The summed E-state index contributed by atoms with van der Waals surface area (Å²) in [5.41, 5.74) is 1.05. The minimum Gasteiger partial charge on any atom is -0.353 e. The first-order valence-corrected chi connectivity index (χ1v) is 8.83. The van der Waals surface area contributed by atoms with Crippen LogP contribution in [0, 0.1) is 5.41 Å². The Morgan fingerprint density at radius 2 is 2.04 bits per heavy atom. The molecular weight excluding hydrogens is 318 g/mol. The number of nitrogens with one attached hydrogen (secondary N) is 2. The lowest BCUT2D eigenvalue weighted by molar-refractivity contribution is -0.130. The minimum atomic E-state index is -0.117. The van der Waals surface area contributed by atoms with Crippen LogP contribution in [0.15, 0.2) is 18.3 Å². The lowest BCUT2D eigenvalue weighted by Crippen LogP contribution is -2.65. The normalized spacial score (nSPS) is 22.3. The third-order valence-electron chi connectivity index (χ3n) is 5.13. The number of anilines is 1. The predicted octanol–water partition coefficient (Wildman–Crippen LogP) is 0.364. The third-order valence-corrected chi connectivity index (χ3v) is 5.13. The predicted molar refractivity (Wildman–Crippen MR) is 96.1 cm³/mol. The van der Waals surface area contributed by atoms with E-state index in [9.17, 15) is 9.59 Å². The number of rotatable bonds is 4. The number of carbonyl (C=O) groups excluding carboxylic acids is 2. The summed E-state index contributed by atoms with van der Waals surface area (Å²) in [5, 5.41) is 6.19. The Morgan fingerprint density at radius 3 is 2.60 bits per heavy atom. The number of nitrogens with zero attached hydrogens (tertiary/aromatic N) is 3. The standard InChI is InChI=1S/C18H27N5O2/c1-13(24)22-6-8-23(9-7-22)15-10-14(4-5-19-15)11-20-17(25)16-18(2,3)12-21-16/h4-5,10,16,21H,6-9,11-12H2,1-3H3,(H,20,25).